The number of carbonyl (C=O) groups is 1. The number of likely N-dealkylation sites (N-methyl/N-ethyl adjacent to an activating group) is 1. The van der Waals surface area contributed by atoms with E-state index in [1.165, 1.54) is 25.2 Å². The molecule has 1 rings (SSSR count). The van der Waals surface area contributed by atoms with Gasteiger partial charge in [-0.2, -0.15) is 0 Å². The van der Waals surface area contributed by atoms with Crippen LogP contribution in [0.5, 0.6) is 11.5 Å². The molecule has 1 amide bonds. The van der Waals surface area contributed by atoms with E-state index in [1.807, 2.05) is 0 Å². The molecule has 0 aliphatic heterocycles. The van der Waals surface area contributed by atoms with Crippen molar-refractivity contribution in [2.75, 3.05) is 40.2 Å². The molecule has 0 aromatic heterocycles. The second-order valence-electron chi connectivity index (χ2n) is 3.75. The Morgan fingerprint density at radius 3 is 2.56 bits per heavy atom. The number of hydrogen-bond acceptors (Lipinski definition) is 5. The second-order valence-corrected chi connectivity index (χ2v) is 3.75. The number of nitrogen functional groups attached to an aromatic ring is 1. The van der Waals surface area contributed by atoms with Gasteiger partial charge in [0.1, 0.15) is 0 Å². The third-order valence-electron chi connectivity index (χ3n) is 2.51. The summed E-state index contributed by atoms with van der Waals surface area (Å²) in [5.41, 5.74) is 6.44. The fourth-order valence-electron chi connectivity index (χ4n) is 1.60. The van der Waals surface area contributed by atoms with Gasteiger partial charge in [0.05, 0.1) is 26.4 Å². The topological polar surface area (TPSA) is 85.0 Å². The molecule has 0 saturated carbocycles. The summed E-state index contributed by atoms with van der Waals surface area (Å²) < 4.78 is 10.3. The van der Waals surface area contributed by atoms with Gasteiger partial charge in [0.15, 0.2) is 11.5 Å². The maximum Gasteiger partial charge on any atom is 0.257 e. The number of ether oxygens (including phenoxy) is 2. The standard InChI is InChI=1S/C12H18N2O4/c1-14(4-5-15)12(16)9-6-8(13)7-10(17-2)11(9)18-3/h6-7,15H,4-5,13H2,1-3H3. The predicted octanol–water partition coefficient (Wildman–Crippen LogP) is 0.350. The van der Waals surface area contributed by atoms with Crippen LogP contribution < -0.4 is 15.2 Å². The van der Waals surface area contributed by atoms with Gasteiger partial charge in [0.2, 0.25) is 0 Å². The van der Waals surface area contributed by atoms with E-state index in [1.54, 1.807) is 13.1 Å². The number of aliphatic hydroxyl groups is 1. The van der Waals surface area contributed by atoms with Crippen molar-refractivity contribution in [1.82, 2.24) is 4.90 Å². The van der Waals surface area contributed by atoms with E-state index in [4.69, 9.17) is 20.3 Å². The smallest absolute Gasteiger partial charge is 0.257 e. The molecule has 1 aromatic carbocycles. The van der Waals surface area contributed by atoms with E-state index in [-0.39, 0.29) is 19.1 Å². The molecular weight excluding hydrogens is 236 g/mol. The quantitative estimate of drug-likeness (QED) is 0.741. The Bertz CT molecular complexity index is 434. The SMILES string of the molecule is COc1cc(N)cc(C(=O)N(C)CCO)c1OC. The minimum atomic E-state index is -0.286. The molecule has 18 heavy (non-hydrogen) atoms. The summed E-state index contributed by atoms with van der Waals surface area (Å²) in [6, 6.07) is 3.11. The summed E-state index contributed by atoms with van der Waals surface area (Å²) in [6.45, 7) is 0.128. The maximum absolute atomic E-state index is 12.2. The monoisotopic (exact) mass is 254 g/mol. The van der Waals surface area contributed by atoms with E-state index in [0.717, 1.165) is 0 Å². The van der Waals surface area contributed by atoms with Crippen molar-refractivity contribution in [3.63, 3.8) is 0 Å². The first kappa shape index (κ1) is 14.1. The van der Waals surface area contributed by atoms with Gasteiger partial charge in [0.25, 0.3) is 5.91 Å². The Morgan fingerprint density at radius 2 is 2.06 bits per heavy atom. The molecule has 0 atom stereocenters. The highest BCUT2D eigenvalue weighted by atomic mass is 16.5. The average molecular weight is 254 g/mol. The number of hydrogen-bond donors (Lipinski definition) is 2. The first-order chi connectivity index (χ1) is 8.54. The highest BCUT2D eigenvalue weighted by Gasteiger charge is 2.20. The van der Waals surface area contributed by atoms with Crippen LogP contribution in [-0.2, 0) is 0 Å². The fourth-order valence-corrected chi connectivity index (χ4v) is 1.60. The average Bonchev–Trinajstić information content (AvgIpc) is 2.36. The summed E-state index contributed by atoms with van der Waals surface area (Å²) in [5.74, 6) is 0.450. The van der Waals surface area contributed by atoms with Crippen LogP contribution in [0.15, 0.2) is 12.1 Å². The number of amides is 1. The van der Waals surface area contributed by atoms with E-state index >= 15 is 0 Å². The van der Waals surface area contributed by atoms with E-state index < -0.39 is 0 Å². The van der Waals surface area contributed by atoms with Crippen LogP contribution in [-0.4, -0.2) is 50.3 Å². The zero-order valence-electron chi connectivity index (χ0n) is 10.8. The van der Waals surface area contributed by atoms with Crippen molar-refractivity contribution in [1.29, 1.82) is 0 Å². The summed E-state index contributed by atoms with van der Waals surface area (Å²) in [4.78, 5) is 13.5. The Labute approximate surface area is 106 Å². The van der Waals surface area contributed by atoms with Gasteiger partial charge < -0.3 is 25.2 Å². The molecule has 0 radical (unpaired) electrons. The lowest BCUT2D eigenvalue weighted by molar-refractivity contribution is 0.0763. The van der Waals surface area contributed by atoms with Crippen LogP contribution in [0, 0.1) is 0 Å². The number of methoxy groups -OCH3 is 2. The minimum absolute atomic E-state index is 0.107. The lowest BCUT2D eigenvalue weighted by Crippen LogP contribution is -2.29. The molecule has 0 aliphatic rings. The molecule has 0 saturated heterocycles. The van der Waals surface area contributed by atoms with Crippen LogP contribution in [0.4, 0.5) is 5.69 Å². The van der Waals surface area contributed by atoms with Crippen LogP contribution in [0.3, 0.4) is 0 Å². The molecule has 6 nitrogen and oxygen atoms in total. The molecule has 0 heterocycles. The molecule has 1 aromatic rings. The highest BCUT2D eigenvalue weighted by molar-refractivity contribution is 5.98. The minimum Gasteiger partial charge on any atom is -0.493 e. The van der Waals surface area contributed by atoms with Gasteiger partial charge in [-0.15, -0.1) is 0 Å². The molecule has 3 N–H and O–H groups in total. The van der Waals surface area contributed by atoms with Gasteiger partial charge in [-0.1, -0.05) is 0 Å². The van der Waals surface area contributed by atoms with E-state index in [0.29, 0.717) is 22.7 Å². The van der Waals surface area contributed by atoms with Gasteiger partial charge in [-0.3, -0.25) is 4.79 Å². The molecule has 0 spiro atoms. The second kappa shape index (κ2) is 6.11. The molecular formula is C12H18N2O4. The van der Waals surface area contributed by atoms with Gasteiger partial charge >= 0.3 is 0 Å². The van der Waals surface area contributed by atoms with Crippen LogP contribution in [0.25, 0.3) is 0 Å². The Morgan fingerprint density at radius 1 is 1.39 bits per heavy atom. The van der Waals surface area contributed by atoms with Gasteiger partial charge in [-0.25, -0.2) is 0 Å². The number of anilines is 1. The molecule has 0 fully saturated rings. The Kier molecular flexibility index (Phi) is 4.79. The zero-order valence-corrected chi connectivity index (χ0v) is 10.8. The number of nitrogens with two attached hydrogens (primary N) is 1. The number of rotatable bonds is 5. The predicted molar refractivity (Wildman–Crippen MR) is 68.0 cm³/mol. The molecule has 6 heteroatoms. The van der Waals surface area contributed by atoms with Crippen molar-refractivity contribution < 1.29 is 19.4 Å². The normalized spacial score (nSPS) is 10.0. The summed E-state index contributed by atoms with van der Waals surface area (Å²) in [7, 11) is 4.52. The lowest BCUT2D eigenvalue weighted by Gasteiger charge is -2.19. The summed E-state index contributed by atoms with van der Waals surface area (Å²) in [6.07, 6.45) is 0. The number of aliphatic hydroxyl groups excluding tert-OH is 1. The molecule has 100 valence electrons. The van der Waals surface area contributed by atoms with Crippen molar-refractivity contribution in [2.24, 2.45) is 0 Å². The first-order valence-electron chi connectivity index (χ1n) is 5.43. The van der Waals surface area contributed by atoms with Crippen molar-refractivity contribution in [2.45, 2.75) is 0 Å². The molecule has 0 bridgehead atoms. The summed E-state index contributed by atoms with van der Waals surface area (Å²) in [5, 5.41) is 8.84. The lowest BCUT2D eigenvalue weighted by atomic mass is 10.1. The van der Waals surface area contributed by atoms with E-state index in [2.05, 4.69) is 0 Å². The summed E-state index contributed by atoms with van der Waals surface area (Å²) >= 11 is 0. The van der Waals surface area contributed by atoms with Crippen LogP contribution in [0.2, 0.25) is 0 Å². The Hall–Kier alpha value is -1.95. The van der Waals surface area contributed by atoms with E-state index in [9.17, 15) is 4.79 Å². The third-order valence-corrected chi connectivity index (χ3v) is 2.51. The number of benzene rings is 1. The van der Waals surface area contributed by atoms with Crippen molar-refractivity contribution in [3.8, 4) is 11.5 Å². The van der Waals surface area contributed by atoms with Gasteiger partial charge in [0, 0.05) is 25.3 Å². The third kappa shape index (κ3) is 2.84. The van der Waals surface area contributed by atoms with Gasteiger partial charge in [-0.05, 0) is 6.07 Å². The van der Waals surface area contributed by atoms with Crippen LogP contribution >= 0.6 is 0 Å². The number of carbonyl (C=O) groups excluding carboxylic acids is 1. The zero-order chi connectivity index (χ0) is 13.7. The highest BCUT2D eigenvalue weighted by Crippen LogP contribution is 2.34. The largest absolute Gasteiger partial charge is 0.493 e. The van der Waals surface area contributed by atoms with Crippen LogP contribution in [0.1, 0.15) is 10.4 Å². The molecule has 0 unspecified atom stereocenters. The fraction of sp³-hybridized carbons (Fsp3) is 0.417. The maximum atomic E-state index is 12.2. The molecule has 0 aliphatic carbocycles. The Balaban J connectivity index is 3.21. The van der Waals surface area contributed by atoms with Crippen molar-refractivity contribution >= 4 is 11.6 Å². The first-order valence-corrected chi connectivity index (χ1v) is 5.43. The van der Waals surface area contributed by atoms with Crippen molar-refractivity contribution in [3.05, 3.63) is 17.7 Å². The number of nitrogens with zero attached hydrogens (tertiary/aromatic N) is 1.